The first kappa shape index (κ1) is 24.8. The zero-order chi connectivity index (χ0) is 26.6. The van der Waals surface area contributed by atoms with Crippen LogP contribution in [0.15, 0.2) is 60.7 Å². The molecule has 0 bridgehead atoms. The number of aryl methyl sites for hydroxylation is 1. The molecule has 2 aromatic heterocycles. The molecule has 0 radical (unpaired) electrons. The number of aromatic nitrogens is 4. The van der Waals surface area contributed by atoms with Crippen molar-refractivity contribution in [2.75, 3.05) is 27.9 Å². The molecule has 0 unspecified atom stereocenters. The summed E-state index contributed by atoms with van der Waals surface area (Å²) in [6.07, 6.45) is 1.87. The van der Waals surface area contributed by atoms with Crippen molar-refractivity contribution in [3.8, 4) is 0 Å². The van der Waals surface area contributed by atoms with Crippen molar-refractivity contribution in [2.24, 2.45) is 5.92 Å². The third-order valence-electron chi connectivity index (χ3n) is 5.90. The van der Waals surface area contributed by atoms with Crippen LogP contribution in [0.25, 0.3) is 0 Å². The van der Waals surface area contributed by atoms with Gasteiger partial charge in [0, 0.05) is 34.7 Å². The third kappa shape index (κ3) is 5.41. The van der Waals surface area contributed by atoms with Gasteiger partial charge in [0.15, 0.2) is 17.3 Å². The number of hydrogen-bond donors (Lipinski definition) is 4. The summed E-state index contributed by atoms with van der Waals surface area (Å²) in [4.78, 5) is 35.7. The van der Waals surface area contributed by atoms with Crippen molar-refractivity contribution in [2.45, 2.75) is 26.7 Å². The number of esters is 1. The number of rotatable bonds is 9. The van der Waals surface area contributed by atoms with Crippen LogP contribution in [0.1, 0.15) is 35.9 Å². The number of para-hydroxylation sites is 1. The zero-order valence-corrected chi connectivity index (χ0v) is 21.1. The van der Waals surface area contributed by atoms with Crippen LogP contribution >= 0.6 is 0 Å². The fourth-order valence-corrected chi connectivity index (χ4v) is 3.85. The second-order valence-corrected chi connectivity index (χ2v) is 8.90. The molecule has 1 aliphatic carbocycles. The van der Waals surface area contributed by atoms with Gasteiger partial charge in [0.2, 0.25) is 11.9 Å². The number of H-pyrrole nitrogens is 1. The van der Waals surface area contributed by atoms with E-state index in [4.69, 9.17) is 10.5 Å². The molecule has 0 spiro atoms. The minimum atomic E-state index is -0.666. The number of benzene rings is 2. The molecular weight excluding hydrogens is 484 g/mol. The second-order valence-electron chi connectivity index (χ2n) is 8.90. The van der Waals surface area contributed by atoms with E-state index in [0.29, 0.717) is 17.2 Å². The van der Waals surface area contributed by atoms with Gasteiger partial charge < -0.3 is 21.1 Å². The molecule has 2 heterocycles. The number of nitrogens with zero attached hydrogens (tertiary/aromatic N) is 4. The number of ether oxygens (including phenoxy) is 1. The van der Waals surface area contributed by atoms with E-state index in [9.17, 15) is 9.59 Å². The standard InChI is InChI=1S/C27H28N8O3/c1-3-38-26(37)23-22(28)24(35(20-7-5-4-6-8-20)21-15-16(2)33-34-21)32-27(31-23)30-19-13-11-18(12-14-19)29-25(36)17-9-10-17/h4-8,11-15,17H,3,9-10,28H2,1-2H3,(H,29,36)(H,33,34)(H,30,31,32). The summed E-state index contributed by atoms with van der Waals surface area (Å²) in [5, 5.41) is 13.4. The van der Waals surface area contributed by atoms with Crippen molar-refractivity contribution in [3.05, 3.63) is 72.1 Å². The van der Waals surface area contributed by atoms with Crippen molar-refractivity contribution in [1.29, 1.82) is 0 Å². The highest BCUT2D eigenvalue weighted by Crippen LogP contribution is 2.38. The SMILES string of the molecule is CCOC(=O)c1nc(Nc2ccc(NC(=O)C3CC3)cc2)nc(N(c2ccccc2)c2cc(C)[nH]n2)c1N. The number of carbonyl (C=O) groups excluding carboxylic acids is 2. The minimum absolute atomic E-state index is 0.0332. The maximum Gasteiger partial charge on any atom is 0.359 e. The summed E-state index contributed by atoms with van der Waals surface area (Å²) in [5.74, 6) is 0.418. The van der Waals surface area contributed by atoms with Gasteiger partial charge in [0.05, 0.1) is 6.61 Å². The number of anilines is 7. The van der Waals surface area contributed by atoms with Crippen molar-refractivity contribution >= 4 is 52.2 Å². The van der Waals surface area contributed by atoms with Gasteiger partial charge in [0.1, 0.15) is 5.69 Å². The predicted molar refractivity (Wildman–Crippen MR) is 145 cm³/mol. The van der Waals surface area contributed by atoms with Crippen LogP contribution in [0.5, 0.6) is 0 Å². The Morgan fingerprint density at radius 1 is 1.08 bits per heavy atom. The maximum atomic E-state index is 12.8. The summed E-state index contributed by atoms with van der Waals surface area (Å²) < 4.78 is 5.22. The molecule has 38 heavy (non-hydrogen) atoms. The van der Waals surface area contributed by atoms with Gasteiger partial charge in [-0.1, -0.05) is 18.2 Å². The lowest BCUT2D eigenvalue weighted by Gasteiger charge is -2.24. The van der Waals surface area contributed by atoms with Gasteiger partial charge in [-0.3, -0.25) is 14.8 Å². The molecule has 0 aliphatic heterocycles. The van der Waals surface area contributed by atoms with E-state index in [1.807, 2.05) is 43.3 Å². The largest absolute Gasteiger partial charge is 0.461 e. The lowest BCUT2D eigenvalue weighted by atomic mass is 10.2. The summed E-state index contributed by atoms with van der Waals surface area (Å²) in [6, 6.07) is 18.4. The van der Waals surface area contributed by atoms with Crippen LogP contribution in [0, 0.1) is 12.8 Å². The number of amides is 1. The number of nitrogens with one attached hydrogen (secondary N) is 3. The van der Waals surface area contributed by atoms with Crippen LogP contribution < -0.4 is 21.3 Å². The summed E-state index contributed by atoms with van der Waals surface area (Å²) in [7, 11) is 0. The molecule has 0 atom stereocenters. The molecular formula is C27H28N8O3. The van der Waals surface area contributed by atoms with E-state index >= 15 is 0 Å². The first-order valence-corrected chi connectivity index (χ1v) is 12.3. The summed E-state index contributed by atoms with van der Waals surface area (Å²) in [6.45, 7) is 3.76. The minimum Gasteiger partial charge on any atom is -0.461 e. The Kier molecular flexibility index (Phi) is 6.90. The first-order chi connectivity index (χ1) is 18.4. The summed E-state index contributed by atoms with van der Waals surface area (Å²) in [5.41, 5.74) is 9.39. The molecule has 1 amide bonds. The van der Waals surface area contributed by atoms with E-state index in [1.54, 1.807) is 36.1 Å². The van der Waals surface area contributed by atoms with E-state index in [-0.39, 0.29) is 41.6 Å². The molecule has 1 aliphatic rings. The molecule has 194 valence electrons. The maximum absolute atomic E-state index is 12.8. The lowest BCUT2D eigenvalue weighted by Crippen LogP contribution is -2.20. The highest BCUT2D eigenvalue weighted by Gasteiger charge is 2.29. The average molecular weight is 513 g/mol. The number of aromatic amines is 1. The Morgan fingerprint density at radius 2 is 1.79 bits per heavy atom. The van der Waals surface area contributed by atoms with E-state index < -0.39 is 5.97 Å². The number of carbonyl (C=O) groups is 2. The average Bonchev–Trinajstić information content (AvgIpc) is 3.69. The smallest absolute Gasteiger partial charge is 0.359 e. The Labute approximate surface area is 219 Å². The van der Waals surface area contributed by atoms with E-state index in [0.717, 1.165) is 24.2 Å². The molecule has 1 fully saturated rings. The predicted octanol–water partition coefficient (Wildman–Crippen LogP) is 4.83. The normalized spacial score (nSPS) is 12.6. The van der Waals surface area contributed by atoms with Gasteiger partial charge in [-0.15, -0.1) is 0 Å². The molecule has 2 aromatic carbocycles. The summed E-state index contributed by atoms with van der Waals surface area (Å²) >= 11 is 0. The third-order valence-corrected chi connectivity index (χ3v) is 5.90. The van der Waals surface area contributed by atoms with Crippen LogP contribution in [0.4, 0.5) is 40.3 Å². The number of nitrogens with two attached hydrogens (primary N) is 1. The lowest BCUT2D eigenvalue weighted by molar-refractivity contribution is -0.117. The molecule has 11 nitrogen and oxygen atoms in total. The van der Waals surface area contributed by atoms with E-state index in [2.05, 4.69) is 30.8 Å². The molecule has 1 saturated carbocycles. The van der Waals surface area contributed by atoms with Crippen LogP contribution in [0.3, 0.4) is 0 Å². The van der Waals surface area contributed by atoms with Crippen molar-refractivity contribution < 1.29 is 14.3 Å². The first-order valence-electron chi connectivity index (χ1n) is 12.3. The van der Waals surface area contributed by atoms with E-state index in [1.165, 1.54) is 0 Å². The Bertz CT molecular complexity index is 1450. The van der Waals surface area contributed by atoms with Crippen LogP contribution in [-0.4, -0.2) is 38.6 Å². The van der Waals surface area contributed by atoms with Gasteiger partial charge in [0.25, 0.3) is 0 Å². The van der Waals surface area contributed by atoms with Gasteiger partial charge in [-0.2, -0.15) is 10.1 Å². The Balaban J connectivity index is 1.53. The molecule has 11 heteroatoms. The topological polar surface area (TPSA) is 151 Å². The second kappa shape index (κ2) is 10.6. The highest BCUT2D eigenvalue weighted by atomic mass is 16.5. The molecule has 4 aromatic rings. The quantitative estimate of drug-likeness (QED) is 0.231. The molecule has 0 saturated heterocycles. The van der Waals surface area contributed by atoms with Gasteiger partial charge >= 0.3 is 5.97 Å². The van der Waals surface area contributed by atoms with Gasteiger partial charge in [-0.25, -0.2) is 9.78 Å². The van der Waals surface area contributed by atoms with Crippen LogP contribution in [-0.2, 0) is 9.53 Å². The Hall–Kier alpha value is -4.93. The zero-order valence-electron chi connectivity index (χ0n) is 21.1. The monoisotopic (exact) mass is 512 g/mol. The molecule has 5 N–H and O–H groups in total. The fraction of sp³-hybridized carbons (Fsp3) is 0.222. The Morgan fingerprint density at radius 3 is 2.42 bits per heavy atom. The molecule has 5 rings (SSSR count). The number of nitrogen functional groups attached to an aromatic ring is 1. The van der Waals surface area contributed by atoms with Crippen molar-refractivity contribution in [3.63, 3.8) is 0 Å². The van der Waals surface area contributed by atoms with Crippen molar-refractivity contribution in [1.82, 2.24) is 20.2 Å². The van der Waals surface area contributed by atoms with Gasteiger partial charge in [-0.05, 0) is 63.1 Å². The highest BCUT2D eigenvalue weighted by molar-refractivity contribution is 5.98. The number of hydrogen-bond acceptors (Lipinski definition) is 9. The van der Waals surface area contributed by atoms with Crippen LogP contribution in [0.2, 0.25) is 0 Å². The fourth-order valence-electron chi connectivity index (χ4n) is 3.85.